The highest BCUT2D eigenvalue weighted by Crippen LogP contribution is 2.34. The van der Waals surface area contributed by atoms with Crippen LogP contribution >= 0.6 is 0 Å². The molecular formula is C23H18N2O3. The van der Waals surface area contributed by atoms with Gasteiger partial charge in [0.2, 0.25) is 0 Å². The fraction of sp³-hybridized carbons (Fsp3) is 0.0435. The van der Waals surface area contributed by atoms with E-state index in [1.165, 1.54) is 0 Å². The number of benzene rings is 3. The summed E-state index contributed by atoms with van der Waals surface area (Å²) < 4.78 is 5.72. The number of amides is 2. The maximum absolute atomic E-state index is 12.3. The molecule has 2 N–H and O–H groups in total. The molecule has 3 aromatic rings. The zero-order valence-electron chi connectivity index (χ0n) is 15.0. The fourth-order valence-electron chi connectivity index (χ4n) is 3.03. The van der Waals surface area contributed by atoms with Crippen LogP contribution in [-0.4, -0.2) is 18.4 Å². The van der Waals surface area contributed by atoms with Crippen LogP contribution in [0.2, 0.25) is 0 Å². The van der Waals surface area contributed by atoms with Crippen LogP contribution < -0.4 is 15.4 Å². The molecule has 5 nitrogen and oxygen atoms in total. The van der Waals surface area contributed by atoms with Gasteiger partial charge >= 0.3 is 0 Å². The molecule has 4 rings (SSSR count). The molecule has 138 valence electrons. The molecule has 0 saturated heterocycles. The molecule has 1 aliphatic heterocycles. The van der Waals surface area contributed by atoms with E-state index in [4.69, 9.17) is 4.74 Å². The summed E-state index contributed by atoms with van der Waals surface area (Å²) in [5, 5.41) is 5.63. The first-order valence-corrected chi connectivity index (χ1v) is 8.90. The largest absolute Gasteiger partial charge is 0.483 e. The number of carbonyl (C=O) groups is 2. The molecule has 0 unspecified atom stereocenters. The number of hydrogen-bond donors (Lipinski definition) is 2. The van der Waals surface area contributed by atoms with E-state index < -0.39 is 0 Å². The van der Waals surface area contributed by atoms with Gasteiger partial charge in [0.25, 0.3) is 11.8 Å². The van der Waals surface area contributed by atoms with Crippen molar-refractivity contribution in [2.24, 2.45) is 0 Å². The van der Waals surface area contributed by atoms with Crippen LogP contribution in [0.5, 0.6) is 5.75 Å². The topological polar surface area (TPSA) is 67.4 Å². The Morgan fingerprint density at radius 1 is 0.929 bits per heavy atom. The minimum absolute atomic E-state index is 0.127. The number of anilines is 2. The second-order valence-electron chi connectivity index (χ2n) is 6.30. The number of ether oxygens (including phenoxy) is 1. The number of nitrogens with one attached hydrogen (secondary N) is 2. The maximum Gasteiger partial charge on any atom is 0.262 e. The Labute approximate surface area is 162 Å². The van der Waals surface area contributed by atoms with E-state index in [0.717, 1.165) is 16.8 Å². The summed E-state index contributed by atoms with van der Waals surface area (Å²) in [5.74, 6) is 0.130. The Kier molecular flexibility index (Phi) is 4.89. The van der Waals surface area contributed by atoms with Crippen molar-refractivity contribution in [3.05, 3.63) is 90.0 Å². The number of hydrogen-bond acceptors (Lipinski definition) is 3. The minimum atomic E-state index is -0.252. The Bertz CT molecular complexity index is 1060. The van der Waals surface area contributed by atoms with Crippen LogP contribution in [0.15, 0.2) is 78.9 Å². The monoisotopic (exact) mass is 370 g/mol. The lowest BCUT2D eigenvalue weighted by molar-refractivity contribution is -0.118. The standard InChI is InChI=1S/C23H18N2O3/c26-22(24-17-9-2-1-3-10-17)15-28-21-13-7-4-8-16(21)14-19-18-11-5-6-12-20(18)25-23(19)27/h1-14H,15H2,(H,24,26)(H,25,27). The Morgan fingerprint density at radius 2 is 1.64 bits per heavy atom. The van der Waals surface area contributed by atoms with E-state index in [-0.39, 0.29) is 18.4 Å². The SMILES string of the molecule is O=C(COc1ccccc1C=C1C(=O)Nc2ccccc21)Nc1ccccc1. The molecule has 3 aromatic carbocycles. The summed E-state index contributed by atoms with van der Waals surface area (Å²) in [6.45, 7) is -0.127. The molecule has 1 heterocycles. The molecule has 5 heteroatoms. The van der Waals surface area contributed by atoms with Crippen LogP contribution in [0.3, 0.4) is 0 Å². The molecule has 0 saturated carbocycles. The van der Waals surface area contributed by atoms with E-state index in [9.17, 15) is 9.59 Å². The van der Waals surface area contributed by atoms with Crippen LogP contribution in [0.4, 0.5) is 11.4 Å². The average molecular weight is 370 g/mol. The van der Waals surface area contributed by atoms with Gasteiger partial charge in [-0.1, -0.05) is 54.6 Å². The highest BCUT2D eigenvalue weighted by atomic mass is 16.5. The van der Waals surface area contributed by atoms with Crippen molar-refractivity contribution in [1.82, 2.24) is 0 Å². The molecule has 0 bridgehead atoms. The smallest absolute Gasteiger partial charge is 0.262 e. The molecule has 2 amide bonds. The Balaban J connectivity index is 1.52. The Hall–Kier alpha value is -3.86. The molecule has 0 spiro atoms. The highest BCUT2D eigenvalue weighted by molar-refractivity contribution is 6.35. The van der Waals surface area contributed by atoms with E-state index in [0.29, 0.717) is 17.0 Å². The van der Waals surface area contributed by atoms with Gasteiger partial charge in [0.05, 0.1) is 0 Å². The number of fused-ring (bicyclic) bond motifs is 1. The van der Waals surface area contributed by atoms with Crippen molar-refractivity contribution in [2.75, 3.05) is 17.2 Å². The predicted molar refractivity (Wildman–Crippen MR) is 110 cm³/mol. The van der Waals surface area contributed by atoms with Gasteiger partial charge in [-0.05, 0) is 30.3 Å². The van der Waals surface area contributed by atoms with Crippen molar-refractivity contribution < 1.29 is 14.3 Å². The van der Waals surface area contributed by atoms with Gasteiger partial charge in [-0.15, -0.1) is 0 Å². The molecule has 28 heavy (non-hydrogen) atoms. The zero-order valence-corrected chi connectivity index (χ0v) is 15.0. The molecule has 0 radical (unpaired) electrons. The molecule has 1 aliphatic rings. The third-order valence-electron chi connectivity index (χ3n) is 4.35. The van der Waals surface area contributed by atoms with Crippen LogP contribution in [0, 0.1) is 0 Å². The summed E-state index contributed by atoms with van der Waals surface area (Å²) in [6.07, 6.45) is 1.78. The van der Waals surface area contributed by atoms with Gasteiger partial charge < -0.3 is 15.4 Å². The van der Waals surface area contributed by atoms with Crippen molar-refractivity contribution in [3.8, 4) is 5.75 Å². The summed E-state index contributed by atoms with van der Waals surface area (Å²) in [6, 6.07) is 24.1. The van der Waals surface area contributed by atoms with Crippen LogP contribution in [0.1, 0.15) is 11.1 Å². The maximum atomic E-state index is 12.3. The van der Waals surface area contributed by atoms with Gasteiger partial charge in [-0.2, -0.15) is 0 Å². The molecule has 0 atom stereocenters. The third-order valence-corrected chi connectivity index (χ3v) is 4.35. The molecule has 0 aromatic heterocycles. The quantitative estimate of drug-likeness (QED) is 0.662. The van der Waals surface area contributed by atoms with Crippen molar-refractivity contribution >= 4 is 34.8 Å². The first-order chi connectivity index (χ1) is 13.7. The van der Waals surface area contributed by atoms with Crippen molar-refractivity contribution in [3.63, 3.8) is 0 Å². The molecule has 0 fully saturated rings. The van der Waals surface area contributed by atoms with Gasteiger partial charge in [0.1, 0.15) is 5.75 Å². The minimum Gasteiger partial charge on any atom is -0.483 e. The van der Waals surface area contributed by atoms with Gasteiger partial charge in [-0.3, -0.25) is 9.59 Å². The third kappa shape index (κ3) is 3.78. The number of para-hydroxylation sites is 3. The van der Waals surface area contributed by atoms with Crippen LogP contribution in [-0.2, 0) is 9.59 Å². The van der Waals surface area contributed by atoms with Gasteiger partial charge in [0.15, 0.2) is 6.61 Å². The van der Waals surface area contributed by atoms with Gasteiger partial charge in [0, 0.05) is 28.1 Å². The second kappa shape index (κ2) is 7.80. The molecular weight excluding hydrogens is 352 g/mol. The first-order valence-electron chi connectivity index (χ1n) is 8.90. The normalized spacial score (nSPS) is 13.7. The summed E-state index contributed by atoms with van der Waals surface area (Å²) >= 11 is 0. The van der Waals surface area contributed by atoms with E-state index >= 15 is 0 Å². The van der Waals surface area contributed by atoms with Crippen LogP contribution in [0.25, 0.3) is 11.6 Å². The van der Waals surface area contributed by atoms with E-state index in [2.05, 4.69) is 10.6 Å². The lowest BCUT2D eigenvalue weighted by Gasteiger charge is -2.10. The summed E-state index contributed by atoms with van der Waals surface area (Å²) in [4.78, 5) is 24.5. The average Bonchev–Trinajstić information content (AvgIpc) is 3.03. The zero-order chi connectivity index (χ0) is 19.3. The second-order valence-corrected chi connectivity index (χ2v) is 6.30. The molecule has 0 aliphatic carbocycles. The number of rotatable bonds is 5. The predicted octanol–water partition coefficient (Wildman–Crippen LogP) is 4.20. The first kappa shape index (κ1) is 17.5. The Morgan fingerprint density at radius 3 is 2.50 bits per heavy atom. The van der Waals surface area contributed by atoms with E-state index in [1.807, 2.05) is 72.8 Å². The van der Waals surface area contributed by atoms with Crippen molar-refractivity contribution in [2.45, 2.75) is 0 Å². The number of carbonyl (C=O) groups excluding carboxylic acids is 2. The van der Waals surface area contributed by atoms with Gasteiger partial charge in [-0.25, -0.2) is 0 Å². The summed E-state index contributed by atoms with van der Waals surface area (Å²) in [7, 11) is 0. The lowest BCUT2D eigenvalue weighted by Crippen LogP contribution is -2.20. The fourth-order valence-corrected chi connectivity index (χ4v) is 3.03. The van der Waals surface area contributed by atoms with Crippen molar-refractivity contribution in [1.29, 1.82) is 0 Å². The van der Waals surface area contributed by atoms with E-state index in [1.54, 1.807) is 12.1 Å². The summed E-state index contributed by atoms with van der Waals surface area (Å²) in [5.41, 5.74) is 3.66. The lowest BCUT2D eigenvalue weighted by atomic mass is 10.0. The highest BCUT2D eigenvalue weighted by Gasteiger charge is 2.23.